The van der Waals surface area contributed by atoms with Crippen LogP contribution in [0.2, 0.25) is 0 Å². The van der Waals surface area contributed by atoms with E-state index in [1.807, 2.05) is 12.1 Å². The van der Waals surface area contributed by atoms with Crippen LogP contribution in [0.4, 0.5) is 0 Å². The van der Waals surface area contributed by atoms with Crippen molar-refractivity contribution in [2.75, 3.05) is 7.11 Å². The molecule has 0 aromatic heterocycles. The molecule has 3 nitrogen and oxygen atoms in total. The van der Waals surface area contributed by atoms with Gasteiger partial charge in [0.1, 0.15) is 11.5 Å². The molecule has 2 atom stereocenters. The molecule has 0 radical (unpaired) electrons. The fraction of sp³-hybridized carbons (Fsp3) is 0.667. The third-order valence-corrected chi connectivity index (χ3v) is 4.82. The molecule has 1 aliphatic rings. The summed E-state index contributed by atoms with van der Waals surface area (Å²) in [7, 11) is 1.62. The minimum Gasteiger partial charge on any atom is -0.507 e. The fourth-order valence-corrected chi connectivity index (χ4v) is 3.45. The number of ether oxygens (including phenoxy) is 1. The van der Waals surface area contributed by atoms with Gasteiger partial charge < -0.3 is 15.2 Å². The lowest BCUT2D eigenvalue weighted by Crippen LogP contribution is -2.35. The zero-order chi connectivity index (χ0) is 15.2. The highest BCUT2D eigenvalue weighted by Crippen LogP contribution is 2.31. The van der Waals surface area contributed by atoms with Crippen molar-refractivity contribution in [2.45, 2.75) is 64.5 Å². The van der Waals surface area contributed by atoms with E-state index in [1.54, 1.807) is 13.2 Å². The maximum atomic E-state index is 10.1. The quantitative estimate of drug-likeness (QED) is 0.790. The summed E-state index contributed by atoms with van der Waals surface area (Å²) in [6.45, 7) is 4.40. The van der Waals surface area contributed by atoms with E-state index >= 15 is 0 Å². The number of hydrogen-bond acceptors (Lipinski definition) is 3. The van der Waals surface area contributed by atoms with Gasteiger partial charge in [-0.3, -0.25) is 0 Å². The number of hydrogen-bond donors (Lipinski definition) is 2. The van der Waals surface area contributed by atoms with Crippen LogP contribution >= 0.6 is 0 Å². The molecule has 0 bridgehead atoms. The van der Waals surface area contributed by atoms with E-state index in [0.717, 1.165) is 11.5 Å². The van der Waals surface area contributed by atoms with Crippen molar-refractivity contribution >= 4 is 0 Å². The SMILES string of the molecule is COc1ccc(C(C)N[C@@H](C)C2CCCCCC2)c(O)c1. The van der Waals surface area contributed by atoms with Gasteiger partial charge in [0.05, 0.1) is 7.11 Å². The fourth-order valence-electron chi connectivity index (χ4n) is 3.45. The molecule has 0 heterocycles. The van der Waals surface area contributed by atoms with Crippen LogP contribution in [-0.2, 0) is 0 Å². The molecule has 0 amide bonds. The zero-order valence-corrected chi connectivity index (χ0v) is 13.6. The normalized spacial score (nSPS) is 19.8. The molecule has 0 spiro atoms. The summed E-state index contributed by atoms with van der Waals surface area (Å²) >= 11 is 0. The molecule has 1 aliphatic carbocycles. The summed E-state index contributed by atoms with van der Waals surface area (Å²) in [6.07, 6.45) is 8.15. The zero-order valence-electron chi connectivity index (χ0n) is 13.6. The average Bonchev–Trinajstić information content (AvgIpc) is 2.75. The number of phenols is 1. The van der Waals surface area contributed by atoms with Crippen molar-refractivity contribution in [2.24, 2.45) is 5.92 Å². The molecule has 0 aliphatic heterocycles. The lowest BCUT2D eigenvalue weighted by Gasteiger charge is -2.27. The Hall–Kier alpha value is -1.22. The predicted octanol–water partition coefficient (Wildman–Crippen LogP) is 4.41. The summed E-state index contributed by atoms with van der Waals surface area (Å²) < 4.78 is 5.14. The Kier molecular flexibility index (Phi) is 5.92. The first-order valence-corrected chi connectivity index (χ1v) is 8.24. The second-order valence-corrected chi connectivity index (χ2v) is 6.35. The lowest BCUT2D eigenvalue weighted by molar-refractivity contribution is 0.313. The van der Waals surface area contributed by atoms with E-state index in [-0.39, 0.29) is 6.04 Å². The first kappa shape index (κ1) is 16.2. The van der Waals surface area contributed by atoms with Crippen LogP contribution in [0.25, 0.3) is 0 Å². The van der Waals surface area contributed by atoms with Gasteiger partial charge in [0.2, 0.25) is 0 Å². The van der Waals surface area contributed by atoms with E-state index in [1.165, 1.54) is 38.5 Å². The largest absolute Gasteiger partial charge is 0.507 e. The van der Waals surface area contributed by atoms with Gasteiger partial charge in [0, 0.05) is 23.7 Å². The number of methoxy groups -OCH3 is 1. The van der Waals surface area contributed by atoms with Gasteiger partial charge >= 0.3 is 0 Å². The van der Waals surface area contributed by atoms with Crippen molar-refractivity contribution in [3.8, 4) is 11.5 Å². The Morgan fingerprint density at radius 1 is 1.14 bits per heavy atom. The number of phenolic OH excluding ortho intramolecular Hbond substituents is 1. The molecule has 1 saturated carbocycles. The Bertz CT molecular complexity index is 439. The van der Waals surface area contributed by atoms with Crippen molar-refractivity contribution in [1.82, 2.24) is 5.32 Å². The van der Waals surface area contributed by atoms with Crippen LogP contribution in [0.3, 0.4) is 0 Å². The maximum absolute atomic E-state index is 10.1. The Balaban J connectivity index is 1.98. The van der Waals surface area contributed by atoms with Gasteiger partial charge in [-0.05, 0) is 38.7 Å². The van der Waals surface area contributed by atoms with Gasteiger partial charge in [0.25, 0.3) is 0 Å². The van der Waals surface area contributed by atoms with Crippen LogP contribution in [0.5, 0.6) is 11.5 Å². The first-order valence-electron chi connectivity index (χ1n) is 8.24. The van der Waals surface area contributed by atoms with Crippen molar-refractivity contribution in [1.29, 1.82) is 0 Å². The molecular formula is C18H29NO2. The topological polar surface area (TPSA) is 41.5 Å². The lowest BCUT2D eigenvalue weighted by atomic mass is 9.92. The van der Waals surface area contributed by atoms with Crippen molar-refractivity contribution < 1.29 is 9.84 Å². The second-order valence-electron chi connectivity index (χ2n) is 6.35. The Morgan fingerprint density at radius 2 is 1.81 bits per heavy atom. The Labute approximate surface area is 128 Å². The van der Waals surface area contributed by atoms with Crippen LogP contribution in [-0.4, -0.2) is 18.3 Å². The van der Waals surface area contributed by atoms with Crippen LogP contribution in [0.15, 0.2) is 18.2 Å². The van der Waals surface area contributed by atoms with Gasteiger partial charge in [-0.15, -0.1) is 0 Å². The minimum absolute atomic E-state index is 0.147. The second kappa shape index (κ2) is 7.69. The van der Waals surface area contributed by atoms with Crippen LogP contribution in [0.1, 0.15) is 64.0 Å². The molecule has 1 aromatic rings. The standard InChI is InChI=1S/C18H29NO2/c1-13(15-8-6-4-5-7-9-15)19-14(2)17-11-10-16(21-3)12-18(17)20/h10-15,19-20H,4-9H2,1-3H3/t13-,14?/m0/s1. The molecular weight excluding hydrogens is 262 g/mol. The van der Waals surface area contributed by atoms with Crippen molar-refractivity contribution in [3.63, 3.8) is 0 Å². The molecule has 0 saturated heterocycles. The third kappa shape index (κ3) is 4.37. The van der Waals surface area contributed by atoms with E-state index < -0.39 is 0 Å². The summed E-state index contributed by atoms with van der Waals surface area (Å²) in [5.74, 6) is 1.76. The molecule has 3 heteroatoms. The van der Waals surface area contributed by atoms with Crippen LogP contribution in [0, 0.1) is 5.92 Å². The molecule has 1 fully saturated rings. The minimum atomic E-state index is 0.147. The van der Waals surface area contributed by atoms with E-state index in [0.29, 0.717) is 17.5 Å². The summed E-state index contributed by atoms with van der Waals surface area (Å²) in [4.78, 5) is 0. The highest BCUT2D eigenvalue weighted by Gasteiger charge is 2.21. The van der Waals surface area contributed by atoms with Crippen LogP contribution < -0.4 is 10.1 Å². The molecule has 1 aromatic carbocycles. The molecule has 118 valence electrons. The van der Waals surface area contributed by atoms with Gasteiger partial charge in [0.15, 0.2) is 0 Å². The predicted molar refractivity (Wildman–Crippen MR) is 86.9 cm³/mol. The maximum Gasteiger partial charge on any atom is 0.124 e. The summed E-state index contributed by atoms with van der Waals surface area (Å²) in [5, 5.41) is 13.8. The molecule has 1 unspecified atom stereocenters. The number of benzene rings is 1. The third-order valence-electron chi connectivity index (χ3n) is 4.82. The molecule has 2 rings (SSSR count). The van der Waals surface area contributed by atoms with Gasteiger partial charge in [-0.2, -0.15) is 0 Å². The van der Waals surface area contributed by atoms with E-state index in [9.17, 15) is 5.11 Å². The summed E-state index contributed by atoms with van der Waals surface area (Å²) in [5.41, 5.74) is 0.941. The number of aromatic hydroxyl groups is 1. The van der Waals surface area contributed by atoms with Gasteiger partial charge in [-0.1, -0.05) is 31.7 Å². The molecule has 2 N–H and O–H groups in total. The smallest absolute Gasteiger partial charge is 0.124 e. The highest BCUT2D eigenvalue weighted by atomic mass is 16.5. The highest BCUT2D eigenvalue weighted by molar-refractivity contribution is 5.41. The van der Waals surface area contributed by atoms with E-state index in [2.05, 4.69) is 19.2 Å². The summed E-state index contributed by atoms with van der Waals surface area (Å²) in [6, 6.07) is 6.17. The Morgan fingerprint density at radius 3 is 2.38 bits per heavy atom. The van der Waals surface area contributed by atoms with E-state index in [4.69, 9.17) is 4.74 Å². The number of nitrogens with one attached hydrogen (secondary N) is 1. The molecule has 21 heavy (non-hydrogen) atoms. The monoisotopic (exact) mass is 291 g/mol. The average molecular weight is 291 g/mol. The van der Waals surface area contributed by atoms with Crippen molar-refractivity contribution in [3.05, 3.63) is 23.8 Å². The van der Waals surface area contributed by atoms with Gasteiger partial charge in [-0.25, -0.2) is 0 Å². The first-order chi connectivity index (χ1) is 10.1. The number of rotatable bonds is 5.